The first kappa shape index (κ1) is 15.4. The molecule has 1 heterocycles. The number of carbonyl (C=O) groups excluding carboxylic acids is 3. The van der Waals surface area contributed by atoms with Crippen LogP contribution in [0.4, 0.5) is 0 Å². The zero-order chi connectivity index (χ0) is 14.6. The molecule has 0 aliphatic carbocycles. The van der Waals surface area contributed by atoms with E-state index in [1.807, 2.05) is 13.8 Å². The van der Waals surface area contributed by atoms with Crippen LogP contribution in [-0.4, -0.2) is 78.2 Å². The monoisotopic (exact) mass is 270 g/mol. The Morgan fingerprint density at radius 3 is 2.37 bits per heavy atom. The van der Waals surface area contributed by atoms with Gasteiger partial charge in [-0.15, -0.1) is 0 Å². The molecular formula is C12H22N4O3. The Balaban J connectivity index is 2.61. The number of piperazine rings is 1. The van der Waals surface area contributed by atoms with Crippen molar-refractivity contribution in [3.8, 4) is 0 Å². The Labute approximate surface area is 113 Å². The first-order valence-electron chi connectivity index (χ1n) is 6.46. The molecule has 3 amide bonds. The van der Waals surface area contributed by atoms with Crippen LogP contribution in [0.15, 0.2) is 0 Å². The molecule has 0 aromatic heterocycles. The van der Waals surface area contributed by atoms with Crippen molar-refractivity contribution in [2.24, 2.45) is 5.73 Å². The predicted molar refractivity (Wildman–Crippen MR) is 70.1 cm³/mol. The summed E-state index contributed by atoms with van der Waals surface area (Å²) in [6, 6.07) is -0.0877. The van der Waals surface area contributed by atoms with Crippen LogP contribution in [0, 0.1) is 0 Å². The van der Waals surface area contributed by atoms with E-state index in [2.05, 4.69) is 0 Å². The highest BCUT2D eigenvalue weighted by atomic mass is 16.2. The van der Waals surface area contributed by atoms with Crippen molar-refractivity contribution in [3.05, 3.63) is 0 Å². The fraction of sp³-hybridized carbons (Fsp3) is 0.750. The summed E-state index contributed by atoms with van der Waals surface area (Å²) in [5.74, 6) is -1.34. The van der Waals surface area contributed by atoms with Gasteiger partial charge < -0.3 is 20.4 Å². The van der Waals surface area contributed by atoms with E-state index in [9.17, 15) is 14.4 Å². The summed E-state index contributed by atoms with van der Waals surface area (Å²) in [5.41, 5.74) is 5.49. The van der Waals surface area contributed by atoms with Gasteiger partial charge in [0.2, 0.25) is 5.91 Å². The third kappa shape index (κ3) is 3.44. The van der Waals surface area contributed by atoms with Crippen LogP contribution in [0.2, 0.25) is 0 Å². The largest absolute Gasteiger partial charge is 0.340 e. The summed E-state index contributed by atoms with van der Waals surface area (Å²) in [6.45, 7) is 5.33. The van der Waals surface area contributed by atoms with Crippen LogP contribution in [0.3, 0.4) is 0 Å². The van der Waals surface area contributed by atoms with E-state index in [1.165, 1.54) is 14.7 Å². The number of hydrogen-bond acceptors (Lipinski definition) is 4. The fourth-order valence-corrected chi connectivity index (χ4v) is 1.85. The van der Waals surface area contributed by atoms with Crippen LogP contribution in [-0.2, 0) is 14.4 Å². The molecule has 0 saturated carbocycles. The number of nitrogens with two attached hydrogens (primary N) is 1. The Morgan fingerprint density at radius 2 is 1.84 bits per heavy atom. The number of likely N-dealkylation sites (N-methyl/N-ethyl adjacent to an activating group) is 2. The van der Waals surface area contributed by atoms with Crippen molar-refractivity contribution >= 4 is 17.7 Å². The maximum absolute atomic E-state index is 12.0. The first-order chi connectivity index (χ1) is 8.92. The lowest BCUT2D eigenvalue weighted by atomic mass is 10.2. The van der Waals surface area contributed by atoms with Gasteiger partial charge in [0, 0.05) is 39.3 Å². The molecule has 0 spiro atoms. The Bertz CT molecular complexity index is 372. The number of carbonyl (C=O) groups is 3. The van der Waals surface area contributed by atoms with E-state index in [1.54, 1.807) is 7.05 Å². The summed E-state index contributed by atoms with van der Waals surface area (Å²) in [5, 5.41) is 0. The molecule has 1 rings (SSSR count). The Kier molecular flexibility index (Phi) is 5.29. The zero-order valence-electron chi connectivity index (χ0n) is 11.8. The molecule has 1 aliphatic heterocycles. The van der Waals surface area contributed by atoms with Crippen LogP contribution in [0.5, 0.6) is 0 Å². The van der Waals surface area contributed by atoms with Crippen molar-refractivity contribution < 1.29 is 14.4 Å². The third-order valence-corrected chi connectivity index (χ3v) is 3.50. The topological polar surface area (TPSA) is 86.9 Å². The van der Waals surface area contributed by atoms with Crippen molar-refractivity contribution in [1.82, 2.24) is 14.7 Å². The molecule has 7 nitrogen and oxygen atoms in total. The zero-order valence-corrected chi connectivity index (χ0v) is 11.8. The van der Waals surface area contributed by atoms with E-state index in [4.69, 9.17) is 5.73 Å². The van der Waals surface area contributed by atoms with Gasteiger partial charge in [-0.2, -0.15) is 0 Å². The lowest BCUT2D eigenvalue weighted by molar-refractivity contribution is -0.157. The second-order valence-corrected chi connectivity index (χ2v) is 4.70. The van der Waals surface area contributed by atoms with Gasteiger partial charge in [-0.3, -0.25) is 14.4 Å². The molecule has 0 aromatic rings. The highest BCUT2D eigenvalue weighted by Gasteiger charge is 2.33. The summed E-state index contributed by atoms with van der Waals surface area (Å²) in [6.07, 6.45) is 0. The Morgan fingerprint density at radius 1 is 1.32 bits per heavy atom. The number of amides is 3. The van der Waals surface area contributed by atoms with Gasteiger partial charge >= 0.3 is 11.8 Å². The number of nitrogens with zero attached hydrogens (tertiary/aromatic N) is 3. The van der Waals surface area contributed by atoms with Crippen LogP contribution >= 0.6 is 0 Å². The molecule has 0 aromatic carbocycles. The molecule has 1 fully saturated rings. The summed E-state index contributed by atoms with van der Waals surface area (Å²) < 4.78 is 0. The molecule has 7 heteroatoms. The molecule has 1 unspecified atom stereocenters. The minimum atomic E-state index is -0.602. The van der Waals surface area contributed by atoms with Crippen molar-refractivity contribution in [2.75, 3.05) is 39.8 Å². The van der Waals surface area contributed by atoms with Crippen molar-refractivity contribution in [3.63, 3.8) is 0 Å². The predicted octanol–water partition coefficient (Wildman–Crippen LogP) is -1.52. The molecule has 1 atom stereocenters. The smallest absolute Gasteiger partial charge is 0.312 e. The highest BCUT2D eigenvalue weighted by Crippen LogP contribution is 2.06. The normalized spacial score (nSPS) is 17.7. The maximum atomic E-state index is 12.0. The van der Waals surface area contributed by atoms with Crippen LogP contribution in [0.25, 0.3) is 0 Å². The second kappa shape index (κ2) is 6.51. The van der Waals surface area contributed by atoms with Gasteiger partial charge in [0.1, 0.15) is 6.54 Å². The van der Waals surface area contributed by atoms with Gasteiger partial charge in [0.05, 0.1) is 0 Å². The summed E-state index contributed by atoms with van der Waals surface area (Å²) in [7, 11) is 1.65. The van der Waals surface area contributed by atoms with Crippen molar-refractivity contribution in [1.29, 1.82) is 0 Å². The van der Waals surface area contributed by atoms with Crippen molar-refractivity contribution in [2.45, 2.75) is 19.9 Å². The van der Waals surface area contributed by atoms with E-state index in [0.29, 0.717) is 26.2 Å². The molecule has 0 bridgehead atoms. The van der Waals surface area contributed by atoms with Gasteiger partial charge in [0.25, 0.3) is 0 Å². The quantitative estimate of drug-likeness (QED) is 0.615. The second-order valence-electron chi connectivity index (χ2n) is 4.70. The number of hydrogen-bond donors (Lipinski definition) is 1. The van der Waals surface area contributed by atoms with E-state index in [-0.39, 0.29) is 18.5 Å². The van der Waals surface area contributed by atoms with E-state index in [0.717, 1.165) is 0 Å². The van der Waals surface area contributed by atoms with Gasteiger partial charge in [-0.25, -0.2) is 0 Å². The summed E-state index contributed by atoms with van der Waals surface area (Å²) in [4.78, 5) is 39.8. The lowest BCUT2D eigenvalue weighted by Gasteiger charge is -2.34. The van der Waals surface area contributed by atoms with E-state index < -0.39 is 11.8 Å². The molecular weight excluding hydrogens is 248 g/mol. The molecule has 2 N–H and O–H groups in total. The van der Waals surface area contributed by atoms with Gasteiger partial charge in [-0.05, 0) is 13.8 Å². The molecule has 1 saturated heterocycles. The molecule has 1 aliphatic rings. The molecule has 108 valence electrons. The minimum Gasteiger partial charge on any atom is -0.340 e. The van der Waals surface area contributed by atoms with Gasteiger partial charge in [-0.1, -0.05) is 0 Å². The number of rotatable bonds is 5. The highest BCUT2D eigenvalue weighted by molar-refractivity contribution is 6.35. The lowest BCUT2D eigenvalue weighted by Crippen LogP contribution is -2.56. The molecule has 0 radical (unpaired) electrons. The molecule has 19 heavy (non-hydrogen) atoms. The average molecular weight is 270 g/mol. The van der Waals surface area contributed by atoms with Crippen LogP contribution in [0.1, 0.15) is 13.8 Å². The van der Waals surface area contributed by atoms with Gasteiger partial charge in [0.15, 0.2) is 0 Å². The minimum absolute atomic E-state index is 0.0665. The summed E-state index contributed by atoms with van der Waals surface area (Å²) >= 11 is 0. The Hall–Kier alpha value is -1.63. The average Bonchev–Trinajstić information content (AvgIpc) is 2.42. The van der Waals surface area contributed by atoms with Crippen LogP contribution < -0.4 is 5.73 Å². The standard InChI is InChI=1S/C12H22N4O3/c1-4-15-5-6-16(12(19)11(15)18)8-10(17)14(3)9(2)7-13/h9H,4-8,13H2,1-3H3. The maximum Gasteiger partial charge on any atom is 0.312 e. The fourth-order valence-electron chi connectivity index (χ4n) is 1.85. The first-order valence-corrected chi connectivity index (χ1v) is 6.46. The third-order valence-electron chi connectivity index (χ3n) is 3.50. The van der Waals surface area contributed by atoms with E-state index >= 15 is 0 Å². The SMILES string of the molecule is CCN1CCN(CC(=O)N(C)C(C)CN)C(=O)C1=O.